The van der Waals surface area contributed by atoms with Crippen LogP contribution in [0.4, 0.5) is 0 Å². The van der Waals surface area contributed by atoms with Crippen molar-refractivity contribution >= 4 is 22.5 Å². The number of hydrogen-bond donors (Lipinski definition) is 1. The van der Waals surface area contributed by atoms with Crippen molar-refractivity contribution in [1.82, 2.24) is 19.5 Å². The van der Waals surface area contributed by atoms with E-state index in [1.54, 1.807) is 33.5 Å². The van der Waals surface area contributed by atoms with Crippen LogP contribution in [-0.2, 0) is 11.3 Å². The summed E-state index contributed by atoms with van der Waals surface area (Å²) in [6.45, 7) is 4.17. The molecule has 0 saturated carbocycles. The van der Waals surface area contributed by atoms with Gasteiger partial charge >= 0.3 is 0 Å². The molecule has 7 heteroatoms. The number of nitrogens with zero attached hydrogens (tertiary/aromatic N) is 3. The SMILES string of the molecule is CCOCCCNC(=O)c1ccc2c(c1)n(Cc1ccccc1)c(=O)c1ccnn12. The van der Waals surface area contributed by atoms with Gasteiger partial charge in [0, 0.05) is 25.3 Å². The number of carbonyl (C=O) groups is 1. The summed E-state index contributed by atoms with van der Waals surface area (Å²) in [5.41, 5.74) is 3.33. The first-order valence-corrected chi connectivity index (χ1v) is 10.1. The first-order valence-electron chi connectivity index (χ1n) is 10.1. The highest BCUT2D eigenvalue weighted by Crippen LogP contribution is 2.18. The lowest BCUT2D eigenvalue weighted by Gasteiger charge is -2.13. The van der Waals surface area contributed by atoms with E-state index in [0.717, 1.165) is 17.5 Å². The molecule has 154 valence electrons. The monoisotopic (exact) mass is 404 g/mol. The van der Waals surface area contributed by atoms with Crippen LogP contribution in [-0.4, -0.2) is 39.8 Å². The van der Waals surface area contributed by atoms with Crippen LogP contribution in [0.15, 0.2) is 65.6 Å². The summed E-state index contributed by atoms with van der Waals surface area (Å²) in [4.78, 5) is 25.8. The third-order valence-electron chi connectivity index (χ3n) is 5.00. The Balaban J connectivity index is 1.72. The molecule has 0 saturated heterocycles. The largest absolute Gasteiger partial charge is 0.382 e. The van der Waals surface area contributed by atoms with Crippen molar-refractivity contribution in [1.29, 1.82) is 0 Å². The zero-order valence-electron chi connectivity index (χ0n) is 16.9. The van der Waals surface area contributed by atoms with Gasteiger partial charge < -0.3 is 14.6 Å². The summed E-state index contributed by atoms with van der Waals surface area (Å²) in [6, 6.07) is 16.9. The van der Waals surface area contributed by atoms with E-state index in [1.807, 2.05) is 43.3 Å². The first kappa shape index (κ1) is 19.8. The second-order valence-corrected chi connectivity index (χ2v) is 7.02. The number of fused-ring (bicyclic) bond motifs is 3. The van der Waals surface area contributed by atoms with Crippen molar-refractivity contribution in [3.63, 3.8) is 0 Å². The number of benzene rings is 2. The first-order chi connectivity index (χ1) is 14.7. The average Bonchev–Trinajstić information content (AvgIpc) is 3.27. The van der Waals surface area contributed by atoms with Crippen LogP contribution in [0.3, 0.4) is 0 Å². The normalized spacial score (nSPS) is 11.2. The van der Waals surface area contributed by atoms with E-state index in [9.17, 15) is 9.59 Å². The van der Waals surface area contributed by atoms with Crippen LogP contribution >= 0.6 is 0 Å². The number of carbonyl (C=O) groups excluding carboxylic acids is 1. The lowest BCUT2D eigenvalue weighted by molar-refractivity contribution is 0.0944. The molecule has 30 heavy (non-hydrogen) atoms. The van der Waals surface area contributed by atoms with E-state index >= 15 is 0 Å². The van der Waals surface area contributed by atoms with Crippen LogP contribution in [0.2, 0.25) is 0 Å². The van der Waals surface area contributed by atoms with Crippen molar-refractivity contribution < 1.29 is 9.53 Å². The van der Waals surface area contributed by atoms with Crippen molar-refractivity contribution in [2.24, 2.45) is 0 Å². The van der Waals surface area contributed by atoms with Gasteiger partial charge in [-0.2, -0.15) is 5.10 Å². The number of ether oxygens (including phenoxy) is 1. The van der Waals surface area contributed by atoms with Crippen molar-refractivity contribution in [2.45, 2.75) is 19.9 Å². The van der Waals surface area contributed by atoms with Gasteiger partial charge in [0.1, 0.15) is 5.52 Å². The van der Waals surface area contributed by atoms with E-state index < -0.39 is 0 Å². The highest BCUT2D eigenvalue weighted by atomic mass is 16.5. The zero-order valence-corrected chi connectivity index (χ0v) is 16.9. The standard InChI is InChI=1S/C23H24N4O3/c1-2-30-14-6-12-24-22(28)18-9-10-19-21(15-18)26(16-17-7-4-3-5-8-17)23(29)20-11-13-25-27(19)20/h3-5,7-11,13,15H,2,6,12,14,16H2,1H3,(H,24,28). The molecule has 4 aromatic rings. The maximum absolute atomic E-state index is 13.1. The molecule has 2 aromatic carbocycles. The number of nitrogens with one attached hydrogen (secondary N) is 1. The smallest absolute Gasteiger partial charge is 0.277 e. The Bertz CT molecular complexity index is 1230. The molecule has 2 heterocycles. The Morgan fingerprint density at radius 1 is 1.07 bits per heavy atom. The molecule has 1 N–H and O–H groups in total. The third-order valence-corrected chi connectivity index (χ3v) is 5.00. The maximum Gasteiger partial charge on any atom is 0.277 e. The number of aromatic nitrogens is 3. The second-order valence-electron chi connectivity index (χ2n) is 7.02. The van der Waals surface area contributed by atoms with E-state index in [4.69, 9.17) is 4.74 Å². The summed E-state index contributed by atoms with van der Waals surface area (Å²) in [5.74, 6) is -0.173. The Morgan fingerprint density at radius 2 is 1.90 bits per heavy atom. The Morgan fingerprint density at radius 3 is 2.70 bits per heavy atom. The number of rotatable bonds is 8. The van der Waals surface area contributed by atoms with E-state index in [2.05, 4.69) is 10.4 Å². The highest BCUT2D eigenvalue weighted by Gasteiger charge is 2.14. The van der Waals surface area contributed by atoms with Gasteiger partial charge in [0.15, 0.2) is 0 Å². The fourth-order valence-electron chi connectivity index (χ4n) is 3.51. The maximum atomic E-state index is 13.1. The summed E-state index contributed by atoms with van der Waals surface area (Å²) in [5, 5.41) is 7.21. The molecule has 1 amide bonds. The Labute approximate surface area is 173 Å². The van der Waals surface area contributed by atoms with Crippen LogP contribution in [0, 0.1) is 0 Å². The molecule has 0 radical (unpaired) electrons. The molecular formula is C23H24N4O3. The van der Waals surface area contributed by atoms with Crippen LogP contribution in [0.5, 0.6) is 0 Å². The number of amides is 1. The molecule has 0 fully saturated rings. The second kappa shape index (κ2) is 8.92. The van der Waals surface area contributed by atoms with E-state index in [0.29, 0.717) is 42.9 Å². The quantitative estimate of drug-likeness (QED) is 0.458. The Hall–Kier alpha value is -3.45. The highest BCUT2D eigenvalue weighted by molar-refractivity contribution is 5.97. The molecule has 4 rings (SSSR count). The minimum absolute atomic E-state index is 0.141. The fourth-order valence-corrected chi connectivity index (χ4v) is 3.51. The van der Waals surface area contributed by atoms with Crippen molar-refractivity contribution in [3.8, 4) is 0 Å². The van der Waals surface area contributed by atoms with Gasteiger partial charge in [0.2, 0.25) is 0 Å². The van der Waals surface area contributed by atoms with Gasteiger partial charge in [0.25, 0.3) is 11.5 Å². The summed E-state index contributed by atoms with van der Waals surface area (Å²) < 4.78 is 8.63. The third kappa shape index (κ3) is 3.97. The van der Waals surface area contributed by atoms with Gasteiger partial charge in [-0.3, -0.25) is 9.59 Å². The number of hydrogen-bond acceptors (Lipinski definition) is 4. The predicted octanol–water partition coefficient (Wildman–Crippen LogP) is 2.85. The molecular weight excluding hydrogens is 380 g/mol. The zero-order chi connectivity index (χ0) is 20.9. The lowest BCUT2D eigenvalue weighted by Crippen LogP contribution is -2.26. The summed E-state index contributed by atoms with van der Waals surface area (Å²) in [6.07, 6.45) is 2.36. The van der Waals surface area contributed by atoms with Gasteiger partial charge in [0.05, 0.1) is 23.8 Å². The predicted molar refractivity (Wildman–Crippen MR) is 116 cm³/mol. The molecule has 0 aliphatic rings. The van der Waals surface area contributed by atoms with Crippen molar-refractivity contribution in [2.75, 3.05) is 19.8 Å². The fraction of sp³-hybridized carbons (Fsp3) is 0.261. The minimum Gasteiger partial charge on any atom is -0.382 e. The molecule has 2 aromatic heterocycles. The molecule has 0 atom stereocenters. The van der Waals surface area contributed by atoms with Gasteiger partial charge in [-0.1, -0.05) is 30.3 Å². The molecule has 0 spiro atoms. The molecule has 0 unspecified atom stereocenters. The minimum atomic E-state index is -0.173. The molecule has 0 aliphatic carbocycles. The van der Waals surface area contributed by atoms with E-state index in [1.165, 1.54) is 0 Å². The summed E-state index contributed by atoms with van der Waals surface area (Å²) >= 11 is 0. The van der Waals surface area contributed by atoms with Crippen LogP contribution < -0.4 is 10.9 Å². The van der Waals surface area contributed by atoms with Gasteiger partial charge in [-0.05, 0) is 43.2 Å². The van der Waals surface area contributed by atoms with Crippen LogP contribution in [0.1, 0.15) is 29.3 Å². The van der Waals surface area contributed by atoms with E-state index in [-0.39, 0.29) is 11.5 Å². The van der Waals surface area contributed by atoms with Crippen molar-refractivity contribution in [3.05, 3.63) is 82.3 Å². The summed E-state index contributed by atoms with van der Waals surface area (Å²) in [7, 11) is 0. The molecule has 7 nitrogen and oxygen atoms in total. The molecule has 0 aliphatic heterocycles. The lowest BCUT2D eigenvalue weighted by atomic mass is 10.1. The van der Waals surface area contributed by atoms with Gasteiger partial charge in [-0.25, -0.2) is 4.52 Å². The van der Waals surface area contributed by atoms with Gasteiger partial charge in [-0.15, -0.1) is 0 Å². The van der Waals surface area contributed by atoms with Crippen LogP contribution in [0.25, 0.3) is 16.6 Å². The Kier molecular flexibility index (Phi) is 5.90. The molecule has 0 bridgehead atoms. The average molecular weight is 404 g/mol. The topological polar surface area (TPSA) is 77.6 Å².